The zero-order valence-electron chi connectivity index (χ0n) is 11.9. The normalized spacial score (nSPS) is 10.9. The van der Waals surface area contributed by atoms with Crippen molar-refractivity contribution >= 4 is 5.69 Å². The molecule has 1 N–H and O–H groups in total. The van der Waals surface area contributed by atoms with Crippen molar-refractivity contribution in [3.63, 3.8) is 0 Å². The van der Waals surface area contributed by atoms with Gasteiger partial charge in [-0.1, -0.05) is 26.0 Å². The summed E-state index contributed by atoms with van der Waals surface area (Å²) in [4.78, 5) is 11.9. The number of halogens is 2. The van der Waals surface area contributed by atoms with E-state index in [1.165, 1.54) is 24.4 Å². The Morgan fingerprint density at radius 3 is 2.76 bits per heavy atom. The molecule has 0 bridgehead atoms. The first-order chi connectivity index (χ1) is 9.97. The number of nitrogens with zero attached hydrogens (tertiary/aromatic N) is 2. The van der Waals surface area contributed by atoms with Crippen molar-refractivity contribution < 1.29 is 8.78 Å². The van der Waals surface area contributed by atoms with Crippen molar-refractivity contribution in [2.75, 3.05) is 11.9 Å². The van der Waals surface area contributed by atoms with E-state index < -0.39 is 11.6 Å². The molecule has 21 heavy (non-hydrogen) atoms. The summed E-state index contributed by atoms with van der Waals surface area (Å²) in [5.41, 5.74) is 0.338. The van der Waals surface area contributed by atoms with E-state index in [1.807, 2.05) is 13.8 Å². The second-order valence-electron chi connectivity index (χ2n) is 5.23. The lowest BCUT2D eigenvalue weighted by atomic mass is 10.2. The Kier molecular flexibility index (Phi) is 4.67. The Hall–Kier alpha value is -2.24. The van der Waals surface area contributed by atoms with Crippen LogP contribution in [0.5, 0.6) is 0 Å². The van der Waals surface area contributed by atoms with Crippen LogP contribution in [0, 0.1) is 17.6 Å². The van der Waals surface area contributed by atoms with Gasteiger partial charge in [0, 0.05) is 18.2 Å². The minimum atomic E-state index is -0.951. The maximum absolute atomic E-state index is 13.6. The monoisotopic (exact) mass is 293 g/mol. The number of benzene rings is 1. The smallest absolute Gasteiger partial charge is 0.269 e. The second kappa shape index (κ2) is 6.47. The van der Waals surface area contributed by atoms with Gasteiger partial charge in [-0.15, -0.1) is 0 Å². The minimum Gasteiger partial charge on any atom is -0.383 e. The molecule has 1 heterocycles. The highest BCUT2D eigenvalue weighted by molar-refractivity contribution is 5.38. The van der Waals surface area contributed by atoms with Crippen LogP contribution in [-0.4, -0.2) is 16.3 Å². The number of aromatic nitrogens is 2. The quantitative estimate of drug-likeness (QED) is 0.922. The molecule has 0 radical (unpaired) electrons. The molecule has 0 amide bonds. The standard InChI is InChI=1S/C15H17F2N3O/c1-10(2)7-18-12-6-14(21)20(19-8-12)9-11-4-3-5-13(16)15(11)17/h3-6,8,10,18H,7,9H2,1-2H3. The second-order valence-corrected chi connectivity index (χ2v) is 5.23. The van der Waals surface area contributed by atoms with Crippen molar-refractivity contribution in [3.05, 3.63) is 58.0 Å². The third-order valence-electron chi connectivity index (χ3n) is 2.94. The lowest BCUT2D eigenvalue weighted by molar-refractivity contribution is 0.489. The molecule has 2 rings (SSSR count). The lowest BCUT2D eigenvalue weighted by Crippen LogP contribution is -2.24. The van der Waals surface area contributed by atoms with E-state index >= 15 is 0 Å². The fraction of sp³-hybridized carbons (Fsp3) is 0.333. The molecule has 4 nitrogen and oxygen atoms in total. The van der Waals surface area contributed by atoms with E-state index in [-0.39, 0.29) is 17.7 Å². The molecule has 0 unspecified atom stereocenters. The van der Waals surface area contributed by atoms with E-state index in [0.717, 1.165) is 17.3 Å². The SMILES string of the molecule is CC(C)CNc1cnn(Cc2cccc(F)c2F)c(=O)c1. The Balaban J connectivity index is 2.18. The number of rotatable bonds is 5. The van der Waals surface area contributed by atoms with Gasteiger partial charge >= 0.3 is 0 Å². The summed E-state index contributed by atoms with van der Waals surface area (Å²) in [5.74, 6) is -1.45. The zero-order chi connectivity index (χ0) is 15.4. The highest BCUT2D eigenvalue weighted by atomic mass is 19.2. The average molecular weight is 293 g/mol. The van der Waals surface area contributed by atoms with Crippen LogP contribution in [0.25, 0.3) is 0 Å². The molecule has 1 aromatic carbocycles. The topological polar surface area (TPSA) is 46.9 Å². The molecule has 0 spiro atoms. The molecular formula is C15H17F2N3O. The van der Waals surface area contributed by atoms with Crippen molar-refractivity contribution in [1.29, 1.82) is 0 Å². The van der Waals surface area contributed by atoms with E-state index in [4.69, 9.17) is 0 Å². The Labute approximate surface area is 121 Å². The molecule has 1 aromatic heterocycles. The van der Waals surface area contributed by atoms with Gasteiger partial charge < -0.3 is 5.32 Å². The first-order valence-electron chi connectivity index (χ1n) is 6.71. The summed E-state index contributed by atoms with van der Waals surface area (Å²) in [6.07, 6.45) is 1.50. The molecular weight excluding hydrogens is 276 g/mol. The fourth-order valence-corrected chi connectivity index (χ4v) is 1.80. The third kappa shape index (κ3) is 3.87. The van der Waals surface area contributed by atoms with Crippen LogP contribution < -0.4 is 10.9 Å². The van der Waals surface area contributed by atoms with Gasteiger partial charge in [0.05, 0.1) is 18.4 Å². The van der Waals surface area contributed by atoms with Crippen LogP contribution in [0.1, 0.15) is 19.4 Å². The zero-order valence-corrected chi connectivity index (χ0v) is 11.9. The van der Waals surface area contributed by atoms with Crippen LogP contribution in [-0.2, 0) is 6.54 Å². The Bertz CT molecular complexity index is 683. The molecule has 112 valence electrons. The predicted molar refractivity (Wildman–Crippen MR) is 77.3 cm³/mol. The maximum Gasteiger partial charge on any atom is 0.269 e. The predicted octanol–water partition coefficient (Wildman–Crippen LogP) is 2.64. The van der Waals surface area contributed by atoms with Gasteiger partial charge in [0.25, 0.3) is 5.56 Å². The van der Waals surface area contributed by atoms with Gasteiger partial charge in [-0.3, -0.25) is 4.79 Å². The molecule has 0 atom stereocenters. The molecule has 2 aromatic rings. The number of hydrogen-bond acceptors (Lipinski definition) is 3. The summed E-state index contributed by atoms with van der Waals surface area (Å²) in [7, 11) is 0. The van der Waals surface area contributed by atoms with Crippen LogP contribution in [0.3, 0.4) is 0 Å². The van der Waals surface area contributed by atoms with Gasteiger partial charge in [0.15, 0.2) is 11.6 Å². The molecule has 0 saturated heterocycles. The molecule has 0 fully saturated rings. The largest absolute Gasteiger partial charge is 0.383 e. The van der Waals surface area contributed by atoms with E-state index in [2.05, 4.69) is 10.4 Å². The maximum atomic E-state index is 13.6. The summed E-state index contributed by atoms with van der Waals surface area (Å²) in [6, 6.07) is 5.26. The molecule has 0 saturated carbocycles. The Morgan fingerprint density at radius 2 is 2.10 bits per heavy atom. The minimum absolute atomic E-state index is 0.0903. The number of anilines is 1. The van der Waals surface area contributed by atoms with Crippen molar-refractivity contribution in [1.82, 2.24) is 9.78 Å². The summed E-state index contributed by atoms with van der Waals surface area (Å²) in [6.45, 7) is 4.72. The van der Waals surface area contributed by atoms with Crippen LogP contribution in [0.4, 0.5) is 14.5 Å². The van der Waals surface area contributed by atoms with E-state index in [9.17, 15) is 13.6 Å². The first kappa shape index (κ1) is 15.2. The van der Waals surface area contributed by atoms with E-state index in [1.54, 1.807) is 0 Å². The summed E-state index contributed by atoms with van der Waals surface area (Å²) < 4.78 is 27.8. The average Bonchev–Trinajstić information content (AvgIpc) is 2.44. The van der Waals surface area contributed by atoms with Gasteiger partial charge in [0.2, 0.25) is 0 Å². The Morgan fingerprint density at radius 1 is 1.33 bits per heavy atom. The molecule has 6 heteroatoms. The van der Waals surface area contributed by atoms with Gasteiger partial charge in [-0.25, -0.2) is 13.5 Å². The number of nitrogens with one attached hydrogen (secondary N) is 1. The van der Waals surface area contributed by atoms with Crippen molar-refractivity contribution in [2.45, 2.75) is 20.4 Å². The summed E-state index contributed by atoms with van der Waals surface area (Å²) in [5, 5.41) is 7.06. The summed E-state index contributed by atoms with van der Waals surface area (Å²) >= 11 is 0. The van der Waals surface area contributed by atoms with Crippen molar-refractivity contribution in [2.24, 2.45) is 5.92 Å². The first-order valence-corrected chi connectivity index (χ1v) is 6.71. The van der Waals surface area contributed by atoms with Crippen LogP contribution >= 0.6 is 0 Å². The molecule has 0 aliphatic heterocycles. The molecule has 0 aliphatic rings. The van der Waals surface area contributed by atoms with Gasteiger partial charge in [-0.2, -0.15) is 5.10 Å². The fourth-order valence-electron chi connectivity index (χ4n) is 1.80. The molecule has 0 aliphatic carbocycles. The van der Waals surface area contributed by atoms with E-state index in [0.29, 0.717) is 11.6 Å². The lowest BCUT2D eigenvalue weighted by Gasteiger charge is -2.10. The van der Waals surface area contributed by atoms with Gasteiger partial charge in [-0.05, 0) is 12.0 Å². The van der Waals surface area contributed by atoms with Crippen molar-refractivity contribution in [3.8, 4) is 0 Å². The third-order valence-corrected chi connectivity index (χ3v) is 2.94. The van der Waals surface area contributed by atoms with Crippen LogP contribution in [0.2, 0.25) is 0 Å². The highest BCUT2D eigenvalue weighted by Gasteiger charge is 2.09. The van der Waals surface area contributed by atoms with Crippen LogP contribution in [0.15, 0.2) is 35.3 Å². The highest BCUT2D eigenvalue weighted by Crippen LogP contribution is 2.12. The van der Waals surface area contributed by atoms with Gasteiger partial charge in [0.1, 0.15) is 0 Å². The number of hydrogen-bond donors (Lipinski definition) is 1.